The Bertz CT molecular complexity index is 607. The molecule has 1 aromatic heterocycles. The van der Waals surface area contributed by atoms with Gasteiger partial charge in [0, 0.05) is 24.1 Å². The van der Waals surface area contributed by atoms with Crippen LogP contribution in [0.4, 0.5) is 4.39 Å². The molecule has 0 aliphatic carbocycles. The molecule has 0 fully saturated rings. The Balaban J connectivity index is 2.39. The molecule has 0 bridgehead atoms. The highest BCUT2D eigenvalue weighted by molar-refractivity contribution is 6.32. The quantitative estimate of drug-likeness (QED) is 0.673. The minimum atomic E-state index is -0.490. The van der Waals surface area contributed by atoms with Gasteiger partial charge in [-0.15, -0.1) is 0 Å². The lowest BCUT2D eigenvalue weighted by Crippen LogP contribution is -2.31. The molecule has 1 aromatic carbocycles. The average Bonchev–Trinajstić information content (AvgIpc) is 2.63. The fourth-order valence-corrected chi connectivity index (χ4v) is 2.72. The average molecular weight is 317 g/mol. The van der Waals surface area contributed by atoms with Crippen molar-refractivity contribution in [3.63, 3.8) is 0 Å². The minimum absolute atomic E-state index is 0.322. The molecule has 0 radical (unpaired) electrons. The molecule has 0 aliphatic rings. The van der Waals surface area contributed by atoms with Crippen LogP contribution in [0.15, 0.2) is 18.2 Å². The van der Waals surface area contributed by atoms with Crippen molar-refractivity contribution in [1.82, 2.24) is 15.2 Å². The molecule has 0 aliphatic heterocycles. The molecular formula is C13H15Cl2FN4. The van der Waals surface area contributed by atoms with Crippen molar-refractivity contribution in [3.8, 4) is 0 Å². The summed E-state index contributed by atoms with van der Waals surface area (Å²) in [7, 11) is 1.78. The summed E-state index contributed by atoms with van der Waals surface area (Å²) in [5.41, 5.74) is 4.41. The largest absolute Gasteiger partial charge is 0.271 e. The third kappa shape index (κ3) is 2.81. The molecule has 20 heavy (non-hydrogen) atoms. The SMILES string of the molecule is Cc1nn(C)c(CC(NN)c2c(F)cccc2Cl)c1Cl. The van der Waals surface area contributed by atoms with Crippen molar-refractivity contribution in [1.29, 1.82) is 0 Å². The Kier molecular flexibility index (Phi) is 4.65. The van der Waals surface area contributed by atoms with Gasteiger partial charge in [-0.25, -0.2) is 4.39 Å². The maximum absolute atomic E-state index is 14.0. The lowest BCUT2D eigenvalue weighted by atomic mass is 10.0. The molecule has 2 aromatic rings. The third-order valence-electron chi connectivity index (χ3n) is 3.21. The monoisotopic (exact) mass is 316 g/mol. The highest BCUT2D eigenvalue weighted by Crippen LogP contribution is 2.30. The van der Waals surface area contributed by atoms with Gasteiger partial charge in [-0.3, -0.25) is 16.0 Å². The Hall–Kier alpha value is -1.14. The van der Waals surface area contributed by atoms with Gasteiger partial charge >= 0.3 is 0 Å². The zero-order valence-corrected chi connectivity index (χ0v) is 12.6. The number of nitrogens with zero attached hydrogens (tertiary/aromatic N) is 2. The number of hydrazine groups is 1. The van der Waals surface area contributed by atoms with Crippen LogP contribution in [0.2, 0.25) is 10.0 Å². The summed E-state index contributed by atoms with van der Waals surface area (Å²) in [6, 6.07) is 4.04. The number of aryl methyl sites for hydroxylation is 2. The van der Waals surface area contributed by atoms with Crippen LogP contribution in [-0.4, -0.2) is 9.78 Å². The molecule has 0 saturated heterocycles. The fourth-order valence-electron chi connectivity index (χ4n) is 2.18. The Morgan fingerprint density at radius 1 is 1.45 bits per heavy atom. The zero-order chi connectivity index (χ0) is 14.9. The van der Waals surface area contributed by atoms with Crippen molar-refractivity contribution in [2.45, 2.75) is 19.4 Å². The second-order valence-electron chi connectivity index (χ2n) is 4.53. The number of hydrogen-bond acceptors (Lipinski definition) is 3. The molecule has 1 heterocycles. The highest BCUT2D eigenvalue weighted by atomic mass is 35.5. The molecule has 7 heteroatoms. The first-order valence-electron chi connectivity index (χ1n) is 6.03. The third-order valence-corrected chi connectivity index (χ3v) is 4.03. The van der Waals surface area contributed by atoms with Crippen LogP contribution >= 0.6 is 23.2 Å². The van der Waals surface area contributed by atoms with Crippen molar-refractivity contribution in [3.05, 3.63) is 51.0 Å². The standard InChI is InChI=1S/C13H15Cl2FN4/c1-7-13(15)11(20(2)19-7)6-10(18-17)12-8(14)4-3-5-9(12)16/h3-5,10,18H,6,17H2,1-2H3. The van der Waals surface area contributed by atoms with Crippen molar-refractivity contribution < 1.29 is 4.39 Å². The van der Waals surface area contributed by atoms with E-state index in [1.165, 1.54) is 6.07 Å². The lowest BCUT2D eigenvalue weighted by Gasteiger charge is -2.18. The minimum Gasteiger partial charge on any atom is -0.271 e. The van der Waals surface area contributed by atoms with Gasteiger partial charge in [-0.2, -0.15) is 5.10 Å². The predicted octanol–water partition coefficient (Wildman–Crippen LogP) is 2.92. The molecule has 0 spiro atoms. The van der Waals surface area contributed by atoms with E-state index in [1.54, 1.807) is 23.9 Å². The van der Waals surface area contributed by atoms with Gasteiger partial charge in [0.25, 0.3) is 0 Å². The predicted molar refractivity (Wildman–Crippen MR) is 78.1 cm³/mol. The summed E-state index contributed by atoms with van der Waals surface area (Å²) >= 11 is 12.3. The van der Waals surface area contributed by atoms with E-state index in [1.807, 2.05) is 6.92 Å². The number of rotatable bonds is 4. The van der Waals surface area contributed by atoms with E-state index in [-0.39, 0.29) is 0 Å². The molecule has 1 atom stereocenters. The topological polar surface area (TPSA) is 55.9 Å². The van der Waals surface area contributed by atoms with Crippen LogP contribution in [0.3, 0.4) is 0 Å². The van der Waals surface area contributed by atoms with Crippen molar-refractivity contribution in [2.75, 3.05) is 0 Å². The number of nitrogens with two attached hydrogens (primary N) is 1. The van der Waals surface area contributed by atoms with Gasteiger partial charge in [0.1, 0.15) is 5.82 Å². The van der Waals surface area contributed by atoms with E-state index >= 15 is 0 Å². The van der Waals surface area contributed by atoms with Gasteiger partial charge < -0.3 is 0 Å². The second-order valence-corrected chi connectivity index (χ2v) is 5.31. The van der Waals surface area contributed by atoms with Crippen molar-refractivity contribution in [2.24, 2.45) is 12.9 Å². The van der Waals surface area contributed by atoms with E-state index in [0.29, 0.717) is 22.0 Å². The van der Waals surface area contributed by atoms with Crippen LogP contribution in [0.1, 0.15) is 23.0 Å². The highest BCUT2D eigenvalue weighted by Gasteiger charge is 2.22. The summed E-state index contributed by atoms with van der Waals surface area (Å²) < 4.78 is 15.6. The molecule has 4 nitrogen and oxygen atoms in total. The van der Waals surface area contributed by atoms with Gasteiger partial charge in [0.15, 0.2) is 0 Å². The number of halogens is 3. The first-order chi connectivity index (χ1) is 9.45. The molecule has 0 saturated carbocycles. The summed E-state index contributed by atoms with van der Waals surface area (Å²) in [6.45, 7) is 1.81. The summed E-state index contributed by atoms with van der Waals surface area (Å²) in [5.74, 6) is 5.14. The smallest absolute Gasteiger partial charge is 0.129 e. The van der Waals surface area contributed by atoms with E-state index in [4.69, 9.17) is 29.0 Å². The van der Waals surface area contributed by atoms with Crippen LogP contribution in [0, 0.1) is 12.7 Å². The first-order valence-corrected chi connectivity index (χ1v) is 6.79. The molecule has 108 valence electrons. The van der Waals surface area contributed by atoms with Crippen LogP contribution in [0.25, 0.3) is 0 Å². The molecular weight excluding hydrogens is 302 g/mol. The van der Waals surface area contributed by atoms with E-state index in [0.717, 1.165) is 11.4 Å². The van der Waals surface area contributed by atoms with E-state index in [2.05, 4.69) is 10.5 Å². The number of aromatic nitrogens is 2. The summed E-state index contributed by atoms with van der Waals surface area (Å²) in [5, 5.41) is 5.10. The summed E-state index contributed by atoms with van der Waals surface area (Å²) in [4.78, 5) is 0. The van der Waals surface area contributed by atoms with Crippen LogP contribution < -0.4 is 11.3 Å². The number of nitrogens with one attached hydrogen (secondary N) is 1. The molecule has 0 amide bonds. The maximum Gasteiger partial charge on any atom is 0.129 e. The molecule has 3 N–H and O–H groups in total. The summed E-state index contributed by atoms with van der Waals surface area (Å²) in [6.07, 6.45) is 0.382. The number of benzene rings is 1. The van der Waals surface area contributed by atoms with Gasteiger partial charge in [-0.05, 0) is 19.1 Å². The van der Waals surface area contributed by atoms with Crippen LogP contribution in [0.5, 0.6) is 0 Å². The Morgan fingerprint density at radius 3 is 2.65 bits per heavy atom. The normalized spacial score (nSPS) is 12.7. The molecule has 2 rings (SSSR count). The van der Waals surface area contributed by atoms with Gasteiger partial charge in [-0.1, -0.05) is 29.3 Å². The van der Waals surface area contributed by atoms with Crippen molar-refractivity contribution >= 4 is 23.2 Å². The number of hydrogen-bond donors (Lipinski definition) is 2. The lowest BCUT2D eigenvalue weighted by molar-refractivity contribution is 0.497. The van der Waals surface area contributed by atoms with Gasteiger partial charge in [0.2, 0.25) is 0 Å². The van der Waals surface area contributed by atoms with Crippen LogP contribution in [-0.2, 0) is 13.5 Å². The first kappa shape index (κ1) is 15.3. The van der Waals surface area contributed by atoms with Gasteiger partial charge in [0.05, 0.1) is 22.5 Å². The fraction of sp³-hybridized carbons (Fsp3) is 0.308. The van der Waals surface area contributed by atoms with E-state index < -0.39 is 11.9 Å². The second kappa shape index (κ2) is 6.10. The Labute approximate surface area is 126 Å². The Morgan fingerprint density at radius 2 is 2.15 bits per heavy atom. The zero-order valence-electron chi connectivity index (χ0n) is 11.1. The maximum atomic E-state index is 14.0. The molecule has 1 unspecified atom stereocenters. The van der Waals surface area contributed by atoms with E-state index in [9.17, 15) is 4.39 Å².